The Bertz CT molecular complexity index is 498. The van der Waals surface area contributed by atoms with Crippen LogP contribution in [0.25, 0.3) is 0 Å². The van der Waals surface area contributed by atoms with Gasteiger partial charge in [-0.3, -0.25) is 9.59 Å². The molecule has 0 aliphatic rings. The number of hydrogen-bond acceptors (Lipinski definition) is 4. The van der Waals surface area contributed by atoms with E-state index in [1.165, 1.54) is 0 Å². The first-order chi connectivity index (χ1) is 9.43. The highest BCUT2D eigenvalue weighted by molar-refractivity contribution is 6.40. The molecule has 0 saturated heterocycles. The maximum absolute atomic E-state index is 11.6. The molecular formula is C13H16N2O5. The van der Waals surface area contributed by atoms with Crippen LogP contribution >= 0.6 is 0 Å². The van der Waals surface area contributed by atoms with Crippen molar-refractivity contribution in [1.82, 2.24) is 5.32 Å². The number of aryl methyl sites for hydroxylation is 1. The van der Waals surface area contributed by atoms with Gasteiger partial charge in [-0.2, -0.15) is 0 Å². The van der Waals surface area contributed by atoms with Crippen LogP contribution in [0.1, 0.15) is 12.0 Å². The van der Waals surface area contributed by atoms with E-state index in [2.05, 4.69) is 5.32 Å². The van der Waals surface area contributed by atoms with E-state index in [-0.39, 0.29) is 6.42 Å². The fourth-order valence-electron chi connectivity index (χ4n) is 1.44. The smallest absolute Gasteiger partial charge is 0.326 e. The normalized spacial score (nSPS) is 11.5. The Morgan fingerprint density at radius 3 is 2.25 bits per heavy atom. The molecule has 0 bridgehead atoms. The average Bonchev–Trinajstić information content (AvgIpc) is 2.40. The Morgan fingerprint density at radius 1 is 1.15 bits per heavy atom. The molecule has 0 spiro atoms. The number of carbonyl (C=O) groups is 3. The van der Waals surface area contributed by atoms with Crippen molar-refractivity contribution in [2.75, 3.05) is 11.9 Å². The number of anilines is 1. The van der Waals surface area contributed by atoms with E-state index >= 15 is 0 Å². The molecule has 108 valence electrons. The number of amides is 2. The minimum Gasteiger partial charge on any atom is -0.480 e. The molecule has 2 amide bonds. The van der Waals surface area contributed by atoms with E-state index in [1.807, 2.05) is 12.2 Å². The summed E-state index contributed by atoms with van der Waals surface area (Å²) in [5, 5.41) is 21.9. The number of nitrogens with one attached hydrogen (secondary N) is 2. The number of aliphatic hydroxyl groups excluding tert-OH is 1. The van der Waals surface area contributed by atoms with Gasteiger partial charge in [0.1, 0.15) is 6.04 Å². The van der Waals surface area contributed by atoms with Crippen molar-refractivity contribution < 1.29 is 24.6 Å². The number of hydrogen-bond donors (Lipinski definition) is 4. The molecule has 0 aliphatic carbocycles. The standard InChI is InChI=1S/C13H16N2O5/c1-8-2-4-9(5-3-8)14-11(17)12(18)15-10(6-7-16)13(19)20/h2-5,10,16H,6-7H2,1H3,(H,14,17)(H,15,18)(H,19,20). The van der Waals surface area contributed by atoms with Crippen molar-refractivity contribution in [2.45, 2.75) is 19.4 Å². The molecule has 0 aliphatic heterocycles. The summed E-state index contributed by atoms with van der Waals surface area (Å²) in [6, 6.07) is 5.49. The predicted molar refractivity (Wildman–Crippen MR) is 71.1 cm³/mol. The van der Waals surface area contributed by atoms with Crippen molar-refractivity contribution in [2.24, 2.45) is 0 Å². The lowest BCUT2D eigenvalue weighted by Gasteiger charge is -2.12. The molecule has 1 aromatic carbocycles. The third-order valence-corrected chi connectivity index (χ3v) is 2.54. The van der Waals surface area contributed by atoms with Gasteiger partial charge in [-0.25, -0.2) is 4.79 Å². The van der Waals surface area contributed by atoms with E-state index in [0.717, 1.165) is 5.56 Å². The largest absolute Gasteiger partial charge is 0.480 e. The highest BCUT2D eigenvalue weighted by Gasteiger charge is 2.23. The average molecular weight is 280 g/mol. The molecule has 0 heterocycles. The second kappa shape index (κ2) is 7.25. The number of aliphatic carboxylic acids is 1. The molecule has 7 heteroatoms. The molecule has 1 unspecified atom stereocenters. The number of benzene rings is 1. The highest BCUT2D eigenvalue weighted by atomic mass is 16.4. The van der Waals surface area contributed by atoms with Gasteiger partial charge in [0.05, 0.1) is 0 Å². The zero-order valence-corrected chi connectivity index (χ0v) is 10.9. The van der Waals surface area contributed by atoms with E-state index in [1.54, 1.807) is 24.3 Å². The van der Waals surface area contributed by atoms with Crippen LogP contribution < -0.4 is 10.6 Å². The lowest BCUT2D eigenvalue weighted by atomic mass is 10.2. The van der Waals surface area contributed by atoms with Gasteiger partial charge in [0.15, 0.2) is 0 Å². The summed E-state index contributed by atoms with van der Waals surface area (Å²) >= 11 is 0. The summed E-state index contributed by atoms with van der Waals surface area (Å²) in [5.74, 6) is -3.33. The topological polar surface area (TPSA) is 116 Å². The molecule has 1 aromatic rings. The molecule has 0 radical (unpaired) electrons. The van der Waals surface area contributed by atoms with Gasteiger partial charge in [-0.05, 0) is 19.1 Å². The van der Waals surface area contributed by atoms with Crippen LogP contribution in [0.5, 0.6) is 0 Å². The first-order valence-electron chi connectivity index (χ1n) is 5.96. The van der Waals surface area contributed by atoms with Crippen LogP contribution in [-0.4, -0.2) is 40.6 Å². The number of rotatable bonds is 5. The van der Waals surface area contributed by atoms with Gasteiger partial charge in [-0.1, -0.05) is 17.7 Å². The maximum atomic E-state index is 11.6. The molecule has 0 aromatic heterocycles. The Labute approximate surface area is 115 Å². The predicted octanol–water partition coefficient (Wildman–Crippen LogP) is -0.115. The van der Waals surface area contributed by atoms with Gasteiger partial charge in [0.25, 0.3) is 0 Å². The zero-order valence-electron chi connectivity index (χ0n) is 10.9. The van der Waals surface area contributed by atoms with E-state index < -0.39 is 30.4 Å². The summed E-state index contributed by atoms with van der Waals surface area (Å²) < 4.78 is 0. The highest BCUT2D eigenvalue weighted by Crippen LogP contribution is 2.08. The van der Waals surface area contributed by atoms with Crippen molar-refractivity contribution in [3.8, 4) is 0 Å². The first-order valence-corrected chi connectivity index (χ1v) is 5.96. The summed E-state index contributed by atoms with van der Waals surface area (Å²) in [7, 11) is 0. The van der Waals surface area contributed by atoms with Gasteiger partial charge >= 0.3 is 17.8 Å². The molecule has 0 fully saturated rings. The molecule has 7 nitrogen and oxygen atoms in total. The fraction of sp³-hybridized carbons (Fsp3) is 0.308. The number of carboxylic acids is 1. The Balaban J connectivity index is 2.60. The minimum absolute atomic E-state index is 0.168. The van der Waals surface area contributed by atoms with Crippen LogP contribution in [0.4, 0.5) is 5.69 Å². The fourth-order valence-corrected chi connectivity index (χ4v) is 1.44. The Morgan fingerprint density at radius 2 is 1.75 bits per heavy atom. The second-order valence-electron chi connectivity index (χ2n) is 4.20. The summed E-state index contributed by atoms with van der Waals surface area (Å²) in [4.78, 5) is 33.9. The lowest BCUT2D eigenvalue weighted by Crippen LogP contribution is -2.46. The minimum atomic E-state index is -1.31. The molecule has 0 saturated carbocycles. The lowest BCUT2D eigenvalue weighted by molar-refractivity contribution is -0.144. The van der Waals surface area contributed by atoms with Gasteiger partial charge in [0.2, 0.25) is 0 Å². The third-order valence-electron chi connectivity index (χ3n) is 2.54. The van der Waals surface area contributed by atoms with E-state index in [9.17, 15) is 14.4 Å². The zero-order chi connectivity index (χ0) is 15.1. The monoisotopic (exact) mass is 280 g/mol. The third kappa shape index (κ3) is 4.69. The van der Waals surface area contributed by atoms with Crippen LogP contribution in [0, 0.1) is 6.92 Å². The summed E-state index contributed by atoms with van der Waals surface area (Å²) in [5.41, 5.74) is 1.44. The molecular weight excluding hydrogens is 264 g/mol. The number of carboxylic acid groups (broad SMARTS) is 1. The summed E-state index contributed by atoms with van der Waals surface area (Å²) in [6.45, 7) is 1.47. The van der Waals surface area contributed by atoms with Crippen LogP contribution in [0.15, 0.2) is 24.3 Å². The second-order valence-corrected chi connectivity index (χ2v) is 4.20. The van der Waals surface area contributed by atoms with Crippen LogP contribution in [0.2, 0.25) is 0 Å². The van der Waals surface area contributed by atoms with Crippen molar-refractivity contribution in [3.05, 3.63) is 29.8 Å². The molecule has 4 N–H and O–H groups in total. The van der Waals surface area contributed by atoms with Gasteiger partial charge in [-0.15, -0.1) is 0 Å². The van der Waals surface area contributed by atoms with E-state index in [0.29, 0.717) is 5.69 Å². The van der Waals surface area contributed by atoms with Crippen molar-refractivity contribution >= 4 is 23.5 Å². The molecule has 1 rings (SSSR count). The van der Waals surface area contributed by atoms with Gasteiger partial charge < -0.3 is 20.8 Å². The number of carbonyl (C=O) groups excluding carboxylic acids is 2. The molecule has 20 heavy (non-hydrogen) atoms. The SMILES string of the molecule is Cc1ccc(NC(=O)C(=O)NC(CCO)C(=O)O)cc1. The maximum Gasteiger partial charge on any atom is 0.326 e. The van der Waals surface area contributed by atoms with Crippen molar-refractivity contribution in [1.29, 1.82) is 0 Å². The van der Waals surface area contributed by atoms with E-state index in [4.69, 9.17) is 10.2 Å². The Kier molecular flexibility index (Phi) is 5.67. The van der Waals surface area contributed by atoms with Crippen molar-refractivity contribution in [3.63, 3.8) is 0 Å². The number of aliphatic hydroxyl groups is 1. The Hall–Kier alpha value is -2.41. The molecule has 1 atom stereocenters. The summed E-state index contributed by atoms with van der Waals surface area (Å²) in [6.07, 6.45) is -0.168. The van der Waals surface area contributed by atoms with Crippen LogP contribution in [0.3, 0.4) is 0 Å². The van der Waals surface area contributed by atoms with Crippen LogP contribution in [-0.2, 0) is 14.4 Å². The van der Waals surface area contributed by atoms with Gasteiger partial charge in [0, 0.05) is 18.7 Å². The first kappa shape index (κ1) is 15.6. The quantitative estimate of drug-likeness (QED) is 0.561.